The second-order valence-corrected chi connectivity index (χ2v) is 29.9. The van der Waals surface area contributed by atoms with Gasteiger partial charge in [-0.05, 0) is 56.1 Å². The Morgan fingerprint density at radius 1 is 0.690 bits per heavy atom. The van der Waals surface area contributed by atoms with Crippen molar-refractivity contribution in [3.63, 3.8) is 0 Å². The Hall–Kier alpha value is -3.22. The Balaban J connectivity index is 0.000000223. The standard InChI is InChI=1S/C23H32BrN3O3Si.C20H24BrClN2O2Si/c1-26(10-11-28)22-19(24)14-25-23-21(22)18(17-8-6-7-9-20(17)29-2)15-27(23)16-30-12-13-31(3,4)5;1-25-17-8-6-5-7-14(17)15-12-24(13-26-9-10-27(2,3)4)20-18(15)19(22)16(21)11-23-20/h6-9,14-15,28H,10-13,16H2,1-5H3;5-8,11-12H,9-10,13H2,1-4H3. The van der Waals surface area contributed by atoms with Crippen molar-refractivity contribution in [2.75, 3.05) is 52.5 Å². The van der Waals surface area contributed by atoms with Crippen molar-refractivity contribution in [1.82, 2.24) is 19.1 Å². The number of anilines is 1. The summed E-state index contributed by atoms with van der Waals surface area (Å²) in [6.07, 6.45) is 7.68. The first-order valence-electron chi connectivity index (χ1n) is 19.3. The quantitative estimate of drug-likeness (QED) is 0.0713. The third-order valence-electron chi connectivity index (χ3n) is 9.66. The summed E-state index contributed by atoms with van der Waals surface area (Å²) in [6.45, 7) is 17.1. The van der Waals surface area contributed by atoms with Gasteiger partial charge in [-0.2, -0.15) is 0 Å². The lowest BCUT2D eigenvalue weighted by atomic mass is 10.0. The van der Waals surface area contributed by atoms with Crippen molar-refractivity contribution in [2.45, 2.75) is 64.8 Å². The largest absolute Gasteiger partial charge is 0.496 e. The highest BCUT2D eigenvalue weighted by molar-refractivity contribution is 9.11. The average molecular weight is 974 g/mol. The van der Waals surface area contributed by atoms with Gasteiger partial charge >= 0.3 is 0 Å². The highest BCUT2D eigenvalue weighted by atomic mass is 79.9. The minimum Gasteiger partial charge on any atom is -0.496 e. The molecule has 0 atom stereocenters. The number of aliphatic hydroxyl groups excluding tert-OH is 1. The molecule has 0 unspecified atom stereocenters. The number of para-hydroxylation sites is 2. The van der Waals surface area contributed by atoms with E-state index in [1.54, 1.807) is 20.4 Å². The lowest BCUT2D eigenvalue weighted by molar-refractivity contribution is 0.0898. The molecule has 0 fully saturated rings. The molecular weight excluding hydrogens is 918 g/mol. The van der Waals surface area contributed by atoms with Gasteiger partial charge in [0.2, 0.25) is 0 Å². The van der Waals surface area contributed by atoms with Crippen LogP contribution in [0, 0.1) is 0 Å². The zero-order valence-electron chi connectivity index (χ0n) is 35.0. The monoisotopic (exact) mass is 971 g/mol. The molecule has 0 saturated carbocycles. The van der Waals surface area contributed by atoms with Crippen molar-refractivity contribution in [1.29, 1.82) is 0 Å². The van der Waals surface area contributed by atoms with Crippen molar-refractivity contribution < 1.29 is 24.1 Å². The summed E-state index contributed by atoms with van der Waals surface area (Å²) in [5.74, 6) is 1.60. The number of hydrogen-bond acceptors (Lipinski definition) is 8. The van der Waals surface area contributed by atoms with Gasteiger partial charge in [-0.1, -0.05) is 87.3 Å². The van der Waals surface area contributed by atoms with Gasteiger partial charge in [-0.3, -0.25) is 0 Å². The molecule has 312 valence electrons. The SMILES string of the molecule is COc1ccccc1-c1cn(COCC[Si](C)(C)C)c2ncc(Br)c(Cl)c12.COc1ccccc1-c1cn(COCC[Si](C)(C)C)c2ncc(Br)c(N(C)CCO)c12. The van der Waals surface area contributed by atoms with Crippen LogP contribution in [0.3, 0.4) is 0 Å². The molecule has 0 radical (unpaired) electrons. The van der Waals surface area contributed by atoms with Crippen LogP contribution >= 0.6 is 43.5 Å². The molecule has 58 heavy (non-hydrogen) atoms. The lowest BCUT2D eigenvalue weighted by Crippen LogP contribution is -2.22. The van der Waals surface area contributed by atoms with Crippen LogP contribution in [0.25, 0.3) is 44.3 Å². The fraction of sp³-hybridized carbons (Fsp3) is 0.395. The highest BCUT2D eigenvalue weighted by Crippen LogP contribution is 2.44. The van der Waals surface area contributed by atoms with Crippen LogP contribution in [0.15, 0.2) is 82.3 Å². The third-order valence-corrected chi connectivity index (χ3v) is 14.9. The van der Waals surface area contributed by atoms with Gasteiger partial charge in [0.25, 0.3) is 0 Å². The minimum atomic E-state index is -1.15. The number of rotatable bonds is 17. The van der Waals surface area contributed by atoms with Crippen LogP contribution in [0.5, 0.6) is 11.5 Å². The van der Waals surface area contributed by atoms with Crippen molar-refractivity contribution >= 4 is 87.4 Å². The van der Waals surface area contributed by atoms with E-state index >= 15 is 0 Å². The van der Waals surface area contributed by atoms with Crippen molar-refractivity contribution in [2.24, 2.45) is 0 Å². The number of nitrogens with zero attached hydrogens (tertiary/aromatic N) is 5. The summed E-state index contributed by atoms with van der Waals surface area (Å²) in [5.41, 5.74) is 6.61. The first-order valence-corrected chi connectivity index (χ1v) is 28.7. The molecule has 0 bridgehead atoms. The molecule has 2 aromatic carbocycles. The Morgan fingerprint density at radius 2 is 1.14 bits per heavy atom. The smallest absolute Gasteiger partial charge is 0.144 e. The van der Waals surface area contributed by atoms with Crippen LogP contribution in [-0.2, 0) is 22.9 Å². The summed E-state index contributed by atoms with van der Waals surface area (Å²) in [7, 11) is 3.06. The highest BCUT2D eigenvalue weighted by Gasteiger charge is 2.23. The number of aliphatic hydroxyl groups is 1. The molecule has 0 amide bonds. The molecule has 4 aromatic heterocycles. The number of halogens is 3. The number of benzene rings is 2. The van der Waals surface area contributed by atoms with E-state index in [4.69, 9.17) is 35.5 Å². The number of ether oxygens (including phenoxy) is 4. The molecule has 0 aliphatic rings. The zero-order valence-corrected chi connectivity index (χ0v) is 41.0. The summed E-state index contributed by atoms with van der Waals surface area (Å²) in [4.78, 5) is 11.4. The van der Waals surface area contributed by atoms with Gasteiger partial charge in [0.1, 0.15) is 36.3 Å². The molecule has 10 nitrogen and oxygen atoms in total. The van der Waals surface area contributed by atoms with E-state index in [9.17, 15) is 5.11 Å². The Labute approximate surface area is 366 Å². The molecule has 6 rings (SSSR count). The van der Waals surface area contributed by atoms with E-state index in [1.807, 2.05) is 71.4 Å². The summed E-state index contributed by atoms with van der Waals surface area (Å²) in [6, 6.07) is 18.2. The van der Waals surface area contributed by atoms with E-state index < -0.39 is 16.1 Å². The van der Waals surface area contributed by atoms with Gasteiger partial charge in [0, 0.05) is 95.4 Å². The van der Waals surface area contributed by atoms with Gasteiger partial charge in [-0.15, -0.1) is 0 Å². The second-order valence-electron chi connectivity index (χ2n) is 16.5. The summed E-state index contributed by atoms with van der Waals surface area (Å²) < 4.78 is 28.9. The number of pyridine rings is 2. The molecule has 15 heteroatoms. The maximum Gasteiger partial charge on any atom is 0.144 e. The Morgan fingerprint density at radius 3 is 1.60 bits per heavy atom. The van der Waals surface area contributed by atoms with E-state index in [2.05, 4.69) is 93.0 Å². The number of likely N-dealkylation sites (N-methyl/N-ethyl adjacent to an activating group) is 1. The average Bonchev–Trinajstić information content (AvgIpc) is 3.74. The van der Waals surface area contributed by atoms with Gasteiger partial charge < -0.3 is 38.1 Å². The number of fused-ring (bicyclic) bond motifs is 2. The zero-order chi connectivity index (χ0) is 42.2. The molecule has 1 N–H and O–H groups in total. The maximum atomic E-state index is 9.53. The summed E-state index contributed by atoms with van der Waals surface area (Å²) in [5, 5.41) is 12.1. The molecule has 0 spiro atoms. The first kappa shape index (κ1) is 45.9. The van der Waals surface area contributed by atoms with Crippen LogP contribution in [-0.4, -0.2) is 88.0 Å². The summed E-state index contributed by atoms with van der Waals surface area (Å²) >= 11 is 13.8. The minimum absolute atomic E-state index is 0.0667. The number of hydrogen-bond donors (Lipinski definition) is 1. The first-order chi connectivity index (χ1) is 27.6. The Kier molecular flexibility index (Phi) is 16.1. The van der Waals surface area contributed by atoms with Crippen LogP contribution in [0.4, 0.5) is 5.69 Å². The van der Waals surface area contributed by atoms with Crippen LogP contribution in [0.1, 0.15) is 0 Å². The fourth-order valence-corrected chi connectivity index (χ4v) is 9.12. The molecular formula is C43H56Br2ClN5O5Si2. The van der Waals surface area contributed by atoms with Gasteiger partial charge in [0.05, 0.1) is 45.9 Å². The maximum absolute atomic E-state index is 9.53. The van der Waals surface area contributed by atoms with Gasteiger partial charge in [-0.25, -0.2) is 9.97 Å². The number of aromatic nitrogens is 4. The Bertz CT molecular complexity index is 2310. The predicted octanol–water partition coefficient (Wildman–Crippen LogP) is 11.7. The van der Waals surface area contributed by atoms with E-state index in [-0.39, 0.29) is 6.61 Å². The fourth-order valence-electron chi connectivity index (χ4n) is 6.47. The molecule has 0 saturated heterocycles. The van der Waals surface area contributed by atoms with E-state index in [0.29, 0.717) is 25.0 Å². The topological polar surface area (TPSA) is 96.0 Å². The van der Waals surface area contributed by atoms with Gasteiger partial charge in [0.15, 0.2) is 0 Å². The lowest BCUT2D eigenvalue weighted by Gasteiger charge is -2.21. The molecule has 0 aliphatic carbocycles. The molecule has 4 heterocycles. The third kappa shape index (κ3) is 11.3. The van der Waals surface area contributed by atoms with Crippen molar-refractivity contribution in [3.8, 4) is 33.8 Å². The van der Waals surface area contributed by atoms with Crippen LogP contribution in [0.2, 0.25) is 56.4 Å². The molecule has 0 aliphatic heterocycles. The second kappa shape index (κ2) is 20.4. The predicted molar refractivity (Wildman–Crippen MR) is 252 cm³/mol. The van der Waals surface area contributed by atoms with E-state index in [0.717, 1.165) is 95.8 Å². The normalized spacial score (nSPS) is 11.9. The van der Waals surface area contributed by atoms with Crippen molar-refractivity contribution in [3.05, 3.63) is 87.3 Å². The van der Waals surface area contributed by atoms with E-state index in [1.165, 1.54) is 0 Å². The molecule has 6 aromatic rings. The van der Waals surface area contributed by atoms with Crippen LogP contribution < -0.4 is 14.4 Å². The number of methoxy groups -OCH3 is 2.